The van der Waals surface area contributed by atoms with Crippen molar-refractivity contribution >= 4 is 46.7 Å². The Morgan fingerprint density at radius 1 is 1.24 bits per heavy atom. The lowest BCUT2D eigenvalue weighted by Gasteiger charge is -2.07. The number of hydrazone groups is 1. The van der Waals surface area contributed by atoms with E-state index in [0.29, 0.717) is 27.9 Å². The molecule has 0 amide bonds. The normalized spacial score (nSPS) is 10.8. The molecule has 6 nitrogen and oxygen atoms in total. The van der Waals surface area contributed by atoms with Gasteiger partial charge in [0.05, 0.1) is 16.7 Å². The van der Waals surface area contributed by atoms with E-state index in [-0.39, 0.29) is 10.8 Å². The molecule has 2 rings (SSSR count). The second kappa shape index (κ2) is 9.04. The van der Waals surface area contributed by atoms with Gasteiger partial charge in [0, 0.05) is 16.6 Å². The number of nitrogens with one attached hydrogen (secondary N) is 2. The third-order valence-corrected chi connectivity index (χ3v) is 3.76. The summed E-state index contributed by atoms with van der Waals surface area (Å²) in [5.74, 6) is -2.47. The Hall–Kier alpha value is -2.59. The summed E-state index contributed by atoms with van der Waals surface area (Å²) >= 11 is 5.50. The third kappa shape index (κ3) is 6.08. The van der Waals surface area contributed by atoms with E-state index < -0.39 is 10.7 Å². The van der Waals surface area contributed by atoms with E-state index in [1.807, 2.05) is 0 Å². The van der Waals surface area contributed by atoms with E-state index in [9.17, 15) is 18.9 Å². The van der Waals surface area contributed by atoms with E-state index in [1.54, 1.807) is 42.5 Å². The molecule has 2 aromatic rings. The van der Waals surface area contributed by atoms with E-state index in [2.05, 4.69) is 15.8 Å². The molecular weight excluding hydrogens is 370 g/mol. The highest BCUT2D eigenvalue weighted by Crippen LogP contribution is 2.26. The van der Waals surface area contributed by atoms with E-state index >= 15 is 0 Å². The molecule has 2 N–H and O–H groups in total. The number of rotatable bonds is 6. The number of para-hydroxylation sites is 1. The first-order valence-electron chi connectivity index (χ1n) is 6.84. The van der Waals surface area contributed by atoms with E-state index in [1.165, 1.54) is 12.3 Å². The first-order valence-corrected chi connectivity index (χ1v) is 8.13. The monoisotopic (exact) mass is 382 g/mol. The number of hydrogen-bond donors (Lipinski definition) is 2. The van der Waals surface area contributed by atoms with Crippen LogP contribution in [0.25, 0.3) is 0 Å². The molecule has 0 saturated heterocycles. The van der Waals surface area contributed by atoms with Crippen LogP contribution in [0.15, 0.2) is 58.5 Å². The number of nitrogens with zero attached hydrogens (tertiary/aromatic N) is 2. The van der Waals surface area contributed by atoms with Gasteiger partial charge in [-0.15, -0.1) is 0 Å². The molecule has 130 valence electrons. The van der Waals surface area contributed by atoms with Gasteiger partial charge in [0.1, 0.15) is 0 Å². The molecule has 25 heavy (non-hydrogen) atoms. The third-order valence-electron chi connectivity index (χ3n) is 2.84. The van der Waals surface area contributed by atoms with Crippen LogP contribution in [0.5, 0.6) is 0 Å². The molecule has 0 heterocycles. The van der Waals surface area contributed by atoms with Crippen LogP contribution >= 0.6 is 24.0 Å². The first kappa shape index (κ1) is 18.7. The Labute approximate surface area is 151 Å². The Bertz CT molecular complexity index is 785. The second-order valence-electron chi connectivity index (χ2n) is 4.54. The molecule has 0 aliphatic rings. The number of benzene rings is 2. The Morgan fingerprint density at radius 2 is 1.92 bits per heavy atom. The molecule has 0 aliphatic carbocycles. The lowest BCUT2D eigenvalue weighted by molar-refractivity contribution is -0.385. The molecule has 0 fully saturated rings. The fourth-order valence-electron chi connectivity index (χ4n) is 1.80. The number of alkyl halides is 2. The SMILES string of the molecule is O=[N+]([O-])c1ccccc1/C=N\NC(=S)Nc1ccc(SC(F)F)cc1. The number of anilines is 1. The van der Waals surface area contributed by atoms with Gasteiger partial charge in [-0.3, -0.25) is 15.5 Å². The molecule has 0 aliphatic heterocycles. The van der Waals surface area contributed by atoms with Gasteiger partial charge in [-0.2, -0.15) is 13.9 Å². The standard InChI is InChI=1S/C15H12F2N4O2S2/c16-14(17)25-12-7-5-11(6-8-12)19-15(24)20-18-9-10-3-1-2-4-13(10)21(22)23/h1-9,14H,(H2,19,20,24)/b18-9-. The Kier molecular flexibility index (Phi) is 6.78. The summed E-state index contributed by atoms with van der Waals surface area (Å²) < 4.78 is 24.5. The van der Waals surface area contributed by atoms with Crippen LogP contribution in [-0.2, 0) is 0 Å². The molecule has 10 heteroatoms. The minimum atomic E-state index is -2.47. The van der Waals surface area contributed by atoms with Crippen molar-refractivity contribution in [2.45, 2.75) is 10.7 Å². The molecule has 0 spiro atoms. The average Bonchev–Trinajstić information content (AvgIpc) is 2.56. The Balaban J connectivity index is 1.91. The number of hydrogen-bond acceptors (Lipinski definition) is 5. The van der Waals surface area contributed by atoms with Crippen molar-refractivity contribution in [1.29, 1.82) is 0 Å². The zero-order valence-corrected chi connectivity index (χ0v) is 14.2. The number of nitro benzene ring substituents is 1. The van der Waals surface area contributed by atoms with E-state index in [0.717, 1.165) is 0 Å². The number of nitro groups is 1. The van der Waals surface area contributed by atoms with Crippen molar-refractivity contribution in [3.8, 4) is 0 Å². The number of thioether (sulfide) groups is 1. The highest BCUT2D eigenvalue weighted by atomic mass is 32.2. The smallest absolute Gasteiger partial charge is 0.288 e. The van der Waals surface area contributed by atoms with Crippen LogP contribution in [0.1, 0.15) is 5.56 Å². The summed E-state index contributed by atoms with van der Waals surface area (Å²) in [5.41, 5.74) is 3.39. The second-order valence-corrected chi connectivity index (χ2v) is 6.01. The maximum absolute atomic E-state index is 12.2. The summed E-state index contributed by atoms with van der Waals surface area (Å²) in [6.07, 6.45) is 1.29. The van der Waals surface area contributed by atoms with Gasteiger partial charge >= 0.3 is 0 Å². The highest BCUT2D eigenvalue weighted by molar-refractivity contribution is 7.99. The quantitative estimate of drug-likeness (QED) is 0.256. The topological polar surface area (TPSA) is 79.6 Å². The minimum Gasteiger partial charge on any atom is -0.331 e. The zero-order valence-electron chi connectivity index (χ0n) is 12.6. The summed E-state index contributed by atoms with van der Waals surface area (Å²) in [6.45, 7) is 0. The summed E-state index contributed by atoms with van der Waals surface area (Å²) in [7, 11) is 0. The van der Waals surface area contributed by atoms with E-state index in [4.69, 9.17) is 12.2 Å². The first-order chi connectivity index (χ1) is 12.0. The predicted octanol–water partition coefficient (Wildman–Crippen LogP) is 4.23. The molecule has 0 aromatic heterocycles. The molecular formula is C15H12F2N4O2S2. The van der Waals surface area contributed by atoms with Gasteiger partial charge in [0.25, 0.3) is 11.4 Å². The van der Waals surface area contributed by atoms with Crippen LogP contribution in [0.3, 0.4) is 0 Å². The summed E-state index contributed by atoms with van der Waals surface area (Å²) in [5, 5.41) is 17.7. The molecule has 2 aromatic carbocycles. The zero-order chi connectivity index (χ0) is 18.2. The van der Waals surface area contributed by atoms with Crippen LogP contribution < -0.4 is 10.7 Å². The minimum absolute atomic E-state index is 0.0703. The van der Waals surface area contributed by atoms with Gasteiger partial charge in [0.15, 0.2) is 5.11 Å². The fraction of sp³-hybridized carbons (Fsp3) is 0.0667. The van der Waals surface area contributed by atoms with Crippen molar-refractivity contribution in [3.05, 3.63) is 64.2 Å². The van der Waals surface area contributed by atoms with Crippen molar-refractivity contribution < 1.29 is 13.7 Å². The molecule has 0 radical (unpaired) electrons. The summed E-state index contributed by atoms with van der Waals surface area (Å²) in [4.78, 5) is 10.8. The van der Waals surface area contributed by atoms with Crippen molar-refractivity contribution in [2.75, 3.05) is 5.32 Å². The number of halogens is 2. The Morgan fingerprint density at radius 3 is 2.56 bits per heavy atom. The van der Waals surface area contributed by atoms with Crippen molar-refractivity contribution in [3.63, 3.8) is 0 Å². The van der Waals surface area contributed by atoms with Gasteiger partial charge in [-0.1, -0.05) is 23.9 Å². The fourth-order valence-corrected chi connectivity index (χ4v) is 2.47. The number of thiocarbonyl (C=S) groups is 1. The van der Waals surface area contributed by atoms with Crippen molar-refractivity contribution in [1.82, 2.24) is 5.43 Å². The maximum atomic E-state index is 12.2. The molecule has 0 saturated carbocycles. The molecule has 0 unspecified atom stereocenters. The van der Waals surface area contributed by atoms with Crippen LogP contribution in [0.2, 0.25) is 0 Å². The lowest BCUT2D eigenvalue weighted by Crippen LogP contribution is -2.23. The van der Waals surface area contributed by atoms with Crippen molar-refractivity contribution in [2.24, 2.45) is 5.10 Å². The van der Waals surface area contributed by atoms with Gasteiger partial charge in [0.2, 0.25) is 0 Å². The van der Waals surface area contributed by atoms with Crippen LogP contribution in [0.4, 0.5) is 20.2 Å². The van der Waals surface area contributed by atoms with Gasteiger partial charge in [-0.05, 0) is 42.5 Å². The van der Waals surface area contributed by atoms with Gasteiger partial charge in [-0.25, -0.2) is 0 Å². The van der Waals surface area contributed by atoms with Crippen LogP contribution in [0, 0.1) is 10.1 Å². The summed E-state index contributed by atoms with van der Waals surface area (Å²) in [6, 6.07) is 12.4. The molecule has 0 atom stereocenters. The van der Waals surface area contributed by atoms with Gasteiger partial charge < -0.3 is 5.32 Å². The largest absolute Gasteiger partial charge is 0.331 e. The van der Waals surface area contributed by atoms with Crippen LogP contribution in [-0.4, -0.2) is 22.0 Å². The predicted molar refractivity (Wildman–Crippen MR) is 98.3 cm³/mol. The lowest BCUT2D eigenvalue weighted by atomic mass is 10.2. The average molecular weight is 382 g/mol. The highest BCUT2D eigenvalue weighted by Gasteiger charge is 2.10. The maximum Gasteiger partial charge on any atom is 0.288 e. The molecule has 0 bridgehead atoms.